The summed E-state index contributed by atoms with van der Waals surface area (Å²) in [6.07, 6.45) is 4.16. The zero-order valence-electron chi connectivity index (χ0n) is 9.60. The summed E-state index contributed by atoms with van der Waals surface area (Å²) in [5, 5.41) is 4.56. The summed E-state index contributed by atoms with van der Waals surface area (Å²) in [6, 6.07) is 0. The molecule has 94 valence electrons. The van der Waals surface area contributed by atoms with Crippen LogP contribution in [0.4, 0.5) is 0 Å². The van der Waals surface area contributed by atoms with Crippen molar-refractivity contribution in [2.75, 3.05) is 13.6 Å². The number of rotatable bonds is 6. The third-order valence-electron chi connectivity index (χ3n) is 2.28. The molecule has 0 aliphatic rings. The Hall–Kier alpha value is -1.14. The van der Waals surface area contributed by atoms with Gasteiger partial charge in [-0.15, -0.1) is 0 Å². The topological polar surface area (TPSA) is 64.2 Å². The van der Waals surface area contributed by atoms with E-state index in [2.05, 4.69) is 5.10 Å². The highest BCUT2D eigenvalue weighted by Crippen LogP contribution is 2.05. The molecule has 0 spiro atoms. The van der Waals surface area contributed by atoms with E-state index in [0.29, 0.717) is 35.9 Å². The Morgan fingerprint density at radius 3 is 2.88 bits per heavy atom. The van der Waals surface area contributed by atoms with Crippen molar-refractivity contribution < 1.29 is 4.79 Å². The van der Waals surface area contributed by atoms with Crippen molar-refractivity contribution in [1.82, 2.24) is 14.7 Å². The van der Waals surface area contributed by atoms with Gasteiger partial charge in [-0.05, 0) is 0 Å². The molecule has 0 fully saturated rings. The second-order valence-electron chi connectivity index (χ2n) is 3.70. The molecule has 0 aromatic carbocycles. The van der Waals surface area contributed by atoms with Crippen LogP contribution in [0.5, 0.6) is 0 Å². The van der Waals surface area contributed by atoms with E-state index < -0.39 is 0 Å². The molecule has 1 rings (SSSR count). The predicted molar refractivity (Wildman–Crippen MR) is 70.9 cm³/mol. The molecule has 0 saturated carbocycles. The van der Waals surface area contributed by atoms with Gasteiger partial charge in [-0.1, -0.05) is 23.8 Å². The minimum absolute atomic E-state index is 0.0351. The van der Waals surface area contributed by atoms with Crippen LogP contribution in [0.25, 0.3) is 0 Å². The smallest absolute Gasteiger partial charge is 0.224 e. The third-order valence-corrected chi connectivity index (χ3v) is 2.68. The van der Waals surface area contributed by atoms with E-state index >= 15 is 0 Å². The molecule has 1 aromatic rings. The Bertz CT molecular complexity index is 407. The van der Waals surface area contributed by atoms with Gasteiger partial charge < -0.3 is 10.6 Å². The van der Waals surface area contributed by atoms with Crippen LogP contribution in [0.15, 0.2) is 12.4 Å². The minimum atomic E-state index is 0.0351. The average Bonchev–Trinajstić information content (AvgIpc) is 2.68. The van der Waals surface area contributed by atoms with Crippen molar-refractivity contribution in [1.29, 1.82) is 0 Å². The standard InChI is InChI=1S/C10H15ClN4OS/c1-14(4-2-9(12)17)10(16)3-5-15-7-8(11)6-13-15/h6-7H,2-5H2,1H3,(H2,12,17). The maximum Gasteiger partial charge on any atom is 0.224 e. The second-order valence-corrected chi connectivity index (χ2v) is 4.66. The highest BCUT2D eigenvalue weighted by Gasteiger charge is 2.09. The summed E-state index contributed by atoms with van der Waals surface area (Å²) in [7, 11) is 1.73. The Morgan fingerprint density at radius 2 is 2.35 bits per heavy atom. The first-order valence-electron chi connectivity index (χ1n) is 5.19. The SMILES string of the molecule is CN(CCC(N)=S)C(=O)CCn1cc(Cl)cn1. The van der Waals surface area contributed by atoms with Gasteiger partial charge in [0.15, 0.2) is 0 Å². The van der Waals surface area contributed by atoms with Crippen LogP contribution in [-0.2, 0) is 11.3 Å². The van der Waals surface area contributed by atoms with E-state index in [4.69, 9.17) is 29.6 Å². The van der Waals surface area contributed by atoms with Gasteiger partial charge in [-0.3, -0.25) is 9.48 Å². The molecule has 0 saturated heterocycles. The quantitative estimate of drug-likeness (QED) is 0.788. The maximum atomic E-state index is 11.7. The number of carbonyl (C=O) groups is 1. The van der Waals surface area contributed by atoms with E-state index in [1.165, 1.54) is 0 Å². The number of nitrogens with zero attached hydrogens (tertiary/aromatic N) is 3. The molecular formula is C10H15ClN4OS. The minimum Gasteiger partial charge on any atom is -0.393 e. The number of aryl methyl sites for hydroxylation is 1. The fourth-order valence-corrected chi connectivity index (χ4v) is 1.51. The molecule has 0 aliphatic heterocycles. The molecular weight excluding hydrogens is 260 g/mol. The van der Waals surface area contributed by atoms with Gasteiger partial charge in [-0.25, -0.2) is 0 Å². The summed E-state index contributed by atoms with van der Waals surface area (Å²) < 4.78 is 1.64. The van der Waals surface area contributed by atoms with Gasteiger partial charge in [0, 0.05) is 39.2 Å². The first-order chi connectivity index (χ1) is 7.99. The number of nitrogens with two attached hydrogens (primary N) is 1. The third kappa shape index (κ3) is 5.14. The number of hydrogen-bond donors (Lipinski definition) is 1. The number of carbonyl (C=O) groups excluding carboxylic acids is 1. The molecule has 1 aromatic heterocycles. The molecule has 1 amide bonds. The monoisotopic (exact) mass is 274 g/mol. The first-order valence-corrected chi connectivity index (χ1v) is 5.98. The number of thiocarbonyl (C=S) groups is 1. The van der Waals surface area contributed by atoms with Crippen LogP contribution in [-0.4, -0.2) is 39.2 Å². The molecule has 5 nitrogen and oxygen atoms in total. The van der Waals surface area contributed by atoms with Crippen molar-refractivity contribution in [3.63, 3.8) is 0 Å². The van der Waals surface area contributed by atoms with Crippen molar-refractivity contribution in [3.8, 4) is 0 Å². The Morgan fingerprint density at radius 1 is 1.65 bits per heavy atom. The summed E-state index contributed by atoms with van der Waals surface area (Å²) >= 11 is 10.5. The molecule has 1 heterocycles. The van der Waals surface area contributed by atoms with E-state index in [1.807, 2.05) is 0 Å². The lowest BCUT2D eigenvalue weighted by Crippen LogP contribution is -2.30. The van der Waals surface area contributed by atoms with Gasteiger partial charge in [0.1, 0.15) is 0 Å². The number of hydrogen-bond acceptors (Lipinski definition) is 3. The predicted octanol–water partition coefficient (Wildman–Crippen LogP) is 1.06. The van der Waals surface area contributed by atoms with E-state index in [1.54, 1.807) is 29.0 Å². The number of amides is 1. The van der Waals surface area contributed by atoms with Crippen molar-refractivity contribution in [2.45, 2.75) is 19.4 Å². The van der Waals surface area contributed by atoms with Crippen LogP contribution in [0.2, 0.25) is 5.02 Å². The van der Waals surface area contributed by atoms with Crippen LogP contribution in [0.3, 0.4) is 0 Å². The zero-order valence-corrected chi connectivity index (χ0v) is 11.2. The van der Waals surface area contributed by atoms with Gasteiger partial charge in [-0.2, -0.15) is 5.10 Å². The lowest BCUT2D eigenvalue weighted by atomic mass is 10.3. The molecule has 0 bridgehead atoms. The largest absolute Gasteiger partial charge is 0.393 e. The molecule has 7 heteroatoms. The van der Waals surface area contributed by atoms with Crippen molar-refractivity contribution >= 4 is 34.7 Å². The summed E-state index contributed by atoms with van der Waals surface area (Å²) in [5.74, 6) is 0.0351. The van der Waals surface area contributed by atoms with E-state index in [-0.39, 0.29) is 5.91 Å². The Kier molecular flexibility index (Phi) is 5.37. The summed E-state index contributed by atoms with van der Waals surface area (Å²) in [5.41, 5.74) is 5.37. The fourth-order valence-electron chi connectivity index (χ4n) is 1.26. The highest BCUT2D eigenvalue weighted by molar-refractivity contribution is 7.80. The van der Waals surface area contributed by atoms with Crippen molar-refractivity contribution in [3.05, 3.63) is 17.4 Å². The van der Waals surface area contributed by atoms with Gasteiger partial charge in [0.2, 0.25) is 5.91 Å². The molecule has 0 aliphatic carbocycles. The molecule has 0 unspecified atom stereocenters. The van der Waals surface area contributed by atoms with Crippen molar-refractivity contribution in [2.24, 2.45) is 5.73 Å². The lowest BCUT2D eigenvalue weighted by Gasteiger charge is -2.16. The highest BCUT2D eigenvalue weighted by atomic mass is 35.5. The van der Waals surface area contributed by atoms with Gasteiger partial charge >= 0.3 is 0 Å². The molecule has 2 N–H and O–H groups in total. The zero-order chi connectivity index (χ0) is 12.8. The van der Waals surface area contributed by atoms with E-state index in [9.17, 15) is 4.79 Å². The fraction of sp³-hybridized carbons (Fsp3) is 0.500. The first kappa shape index (κ1) is 13.9. The lowest BCUT2D eigenvalue weighted by molar-refractivity contribution is -0.130. The maximum absolute atomic E-state index is 11.7. The van der Waals surface area contributed by atoms with E-state index in [0.717, 1.165) is 0 Å². The molecule has 17 heavy (non-hydrogen) atoms. The van der Waals surface area contributed by atoms with Crippen LogP contribution < -0.4 is 5.73 Å². The second kappa shape index (κ2) is 6.56. The van der Waals surface area contributed by atoms with Crippen LogP contribution >= 0.6 is 23.8 Å². The molecule has 0 radical (unpaired) electrons. The average molecular weight is 275 g/mol. The van der Waals surface area contributed by atoms with Crippen LogP contribution in [0.1, 0.15) is 12.8 Å². The number of aromatic nitrogens is 2. The Balaban J connectivity index is 2.31. The Labute approximate surface area is 111 Å². The summed E-state index contributed by atoms with van der Waals surface area (Å²) in [6.45, 7) is 1.07. The summed E-state index contributed by atoms with van der Waals surface area (Å²) in [4.78, 5) is 13.7. The molecule has 0 atom stereocenters. The normalized spacial score (nSPS) is 10.2. The van der Waals surface area contributed by atoms with Gasteiger partial charge in [0.25, 0.3) is 0 Å². The van der Waals surface area contributed by atoms with Crippen LogP contribution in [0, 0.1) is 0 Å². The number of halogens is 1. The van der Waals surface area contributed by atoms with Gasteiger partial charge in [0.05, 0.1) is 16.2 Å².